The monoisotopic (exact) mass is 326 g/mol. The average Bonchev–Trinajstić information content (AvgIpc) is 3.02. The zero-order valence-electron chi connectivity index (χ0n) is 13.9. The summed E-state index contributed by atoms with van der Waals surface area (Å²) in [5.74, 6) is 2.59. The number of aliphatic imine (C=N–C) groups is 1. The number of amides is 1. The van der Waals surface area contributed by atoms with E-state index in [0.717, 1.165) is 50.6 Å². The van der Waals surface area contributed by atoms with Gasteiger partial charge in [0, 0.05) is 44.4 Å². The van der Waals surface area contributed by atoms with Crippen LogP contribution in [0.5, 0.6) is 0 Å². The van der Waals surface area contributed by atoms with Crippen LogP contribution in [0.25, 0.3) is 0 Å². The average molecular weight is 327 g/mol. The molecule has 22 heavy (non-hydrogen) atoms. The van der Waals surface area contributed by atoms with Gasteiger partial charge in [-0.15, -0.1) is 0 Å². The SMILES string of the molecule is CN=C(NCCSC)NC1CCN(C(=O)C2CCCCC2)C1. The Balaban J connectivity index is 1.75. The van der Waals surface area contributed by atoms with Crippen molar-refractivity contribution in [2.45, 2.75) is 44.6 Å². The number of hydrogen-bond donors (Lipinski definition) is 2. The van der Waals surface area contributed by atoms with E-state index < -0.39 is 0 Å². The Bertz CT molecular complexity index is 382. The van der Waals surface area contributed by atoms with Crippen LogP contribution in [0.15, 0.2) is 4.99 Å². The molecule has 5 nitrogen and oxygen atoms in total. The molecule has 126 valence electrons. The number of thioether (sulfide) groups is 1. The number of hydrogen-bond acceptors (Lipinski definition) is 3. The molecule has 1 saturated heterocycles. The van der Waals surface area contributed by atoms with Crippen LogP contribution in [0.3, 0.4) is 0 Å². The van der Waals surface area contributed by atoms with Crippen LogP contribution in [0, 0.1) is 5.92 Å². The van der Waals surface area contributed by atoms with Crippen molar-refractivity contribution in [1.29, 1.82) is 0 Å². The molecule has 0 radical (unpaired) electrons. The molecule has 1 aliphatic heterocycles. The Kier molecular flexibility index (Phi) is 7.36. The number of likely N-dealkylation sites (tertiary alicyclic amines) is 1. The first-order chi connectivity index (χ1) is 10.7. The lowest BCUT2D eigenvalue weighted by molar-refractivity contribution is -0.135. The van der Waals surface area contributed by atoms with E-state index in [0.29, 0.717) is 11.9 Å². The summed E-state index contributed by atoms with van der Waals surface area (Å²) >= 11 is 1.82. The Morgan fingerprint density at radius 3 is 2.73 bits per heavy atom. The van der Waals surface area contributed by atoms with Crippen molar-refractivity contribution in [3.63, 3.8) is 0 Å². The summed E-state index contributed by atoms with van der Waals surface area (Å²) < 4.78 is 0. The van der Waals surface area contributed by atoms with Crippen LogP contribution in [-0.4, -0.2) is 61.5 Å². The fourth-order valence-electron chi connectivity index (χ4n) is 3.35. The lowest BCUT2D eigenvalue weighted by Gasteiger charge is -2.26. The minimum atomic E-state index is 0.284. The summed E-state index contributed by atoms with van der Waals surface area (Å²) in [6.45, 7) is 2.62. The predicted octanol–water partition coefficient (Wildman–Crippen LogP) is 1.70. The smallest absolute Gasteiger partial charge is 0.225 e. The van der Waals surface area contributed by atoms with Crippen molar-refractivity contribution in [1.82, 2.24) is 15.5 Å². The van der Waals surface area contributed by atoms with E-state index >= 15 is 0 Å². The molecule has 0 bridgehead atoms. The zero-order chi connectivity index (χ0) is 15.8. The van der Waals surface area contributed by atoms with Crippen molar-refractivity contribution < 1.29 is 4.79 Å². The second-order valence-electron chi connectivity index (χ2n) is 6.24. The molecule has 2 N–H and O–H groups in total. The maximum Gasteiger partial charge on any atom is 0.225 e. The number of rotatable bonds is 5. The third-order valence-electron chi connectivity index (χ3n) is 4.62. The van der Waals surface area contributed by atoms with E-state index in [4.69, 9.17) is 0 Å². The molecular weight excluding hydrogens is 296 g/mol. The normalized spacial score (nSPS) is 23.6. The summed E-state index contributed by atoms with van der Waals surface area (Å²) in [6, 6.07) is 0.327. The highest BCUT2D eigenvalue weighted by Crippen LogP contribution is 2.26. The van der Waals surface area contributed by atoms with Crippen LogP contribution in [0.4, 0.5) is 0 Å². The summed E-state index contributed by atoms with van der Waals surface area (Å²) in [5.41, 5.74) is 0. The highest BCUT2D eigenvalue weighted by atomic mass is 32.2. The molecule has 2 fully saturated rings. The molecule has 0 aromatic carbocycles. The molecule has 0 aromatic rings. The molecule has 6 heteroatoms. The van der Waals surface area contributed by atoms with Crippen LogP contribution < -0.4 is 10.6 Å². The van der Waals surface area contributed by atoms with E-state index in [1.807, 2.05) is 11.8 Å². The maximum atomic E-state index is 12.6. The van der Waals surface area contributed by atoms with Gasteiger partial charge in [0.25, 0.3) is 0 Å². The third kappa shape index (κ3) is 5.07. The highest BCUT2D eigenvalue weighted by molar-refractivity contribution is 7.98. The number of carbonyl (C=O) groups excluding carboxylic acids is 1. The fourth-order valence-corrected chi connectivity index (χ4v) is 3.65. The van der Waals surface area contributed by atoms with E-state index in [-0.39, 0.29) is 5.92 Å². The van der Waals surface area contributed by atoms with Crippen molar-refractivity contribution in [3.05, 3.63) is 0 Å². The Morgan fingerprint density at radius 2 is 2.05 bits per heavy atom. The molecule has 1 atom stereocenters. The van der Waals surface area contributed by atoms with Crippen molar-refractivity contribution >= 4 is 23.6 Å². The lowest BCUT2D eigenvalue weighted by Crippen LogP contribution is -2.46. The van der Waals surface area contributed by atoms with Crippen LogP contribution in [-0.2, 0) is 4.79 Å². The van der Waals surface area contributed by atoms with Gasteiger partial charge in [0.1, 0.15) is 0 Å². The van der Waals surface area contributed by atoms with Gasteiger partial charge in [-0.05, 0) is 25.5 Å². The summed E-state index contributed by atoms with van der Waals surface area (Å²) in [5, 5.41) is 6.77. The first kappa shape index (κ1) is 17.4. The Morgan fingerprint density at radius 1 is 1.27 bits per heavy atom. The number of guanidine groups is 1. The fraction of sp³-hybridized carbons (Fsp3) is 0.875. The largest absolute Gasteiger partial charge is 0.356 e. The van der Waals surface area contributed by atoms with E-state index in [1.54, 1.807) is 7.05 Å². The second-order valence-corrected chi connectivity index (χ2v) is 7.23. The third-order valence-corrected chi connectivity index (χ3v) is 5.23. The van der Waals surface area contributed by atoms with Gasteiger partial charge in [0.05, 0.1) is 0 Å². The van der Waals surface area contributed by atoms with Crippen LogP contribution >= 0.6 is 11.8 Å². The summed E-state index contributed by atoms with van der Waals surface area (Å²) in [7, 11) is 1.80. The van der Waals surface area contributed by atoms with E-state index in [1.165, 1.54) is 19.3 Å². The molecule has 0 spiro atoms. The van der Waals surface area contributed by atoms with Gasteiger partial charge in [-0.25, -0.2) is 0 Å². The minimum absolute atomic E-state index is 0.284. The van der Waals surface area contributed by atoms with Gasteiger partial charge in [-0.3, -0.25) is 9.79 Å². The molecule has 1 unspecified atom stereocenters. The molecule has 1 heterocycles. The van der Waals surface area contributed by atoms with E-state index in [2.05, 4.69) is 26.8 Å². The standard InChI is InChI=1S/C16H30N4OS/c1-17-16(18-9-11-22-2)19-14-8-10-20(12-14)15(21)13-6-4-3-5-7-13/h13-14H,3-12H2,1-2H3,(H2,17,18,19). The van der Waals surface area contributed by atoms with Crippen molar-refractivity contribution in [2.24, 2.45) is 10.9 Å². The molecule has 2 aliphatic rings. The maximum absolute atomic E-state index is 12.6. The van der Waals surface area contributed by atoms with Gasteiger partial charge < -0.3 is 15.5 Å². The first-order valence-corrected chi connectivity index (χ1v) is 9.89. The van der Waals surface area contributed by atoms with Crippen LogP contribution in [0.2, 0.25) is 0 Å². The highest BCUT2D eigenvalue weighted by Gasteiger charge is 2.31. The summed E-state index contributed by atoms with van der Waals surface area (Å²) in [4.78, 5) is 18.9. The van der Waals surface area contributed by atoms with Crippen LogP contribution in [0.1, 0.15) is 38.5 Å². The molecule has 1 amide bonds. The topological polar surface area (TPSA) is 56.7 Å². The van der Waals surface area contributed by atoms with Crippen molar-refractivity contribution in [3.8, 4) is 0 Å². The molecule has 0 aromatic heterocycles. The first-order valence-electron chi connectivity index (χ1n) is 8.49. The molecule has 1 aliphatic carbocycles. The number of nitrogens with one attached hydrogen (secondary N) is 2. The summed E-state index contributed by atoms with van der Waals surface area (Å²) in [6.07, 6.45) is 9.03. The minimum Gasteiger partial charge on any atom is -0.356 e. The molecule has 2 rings (SSSR count). The van der Waals surface area contributed by atoms with Gasteiger partial charge >= 0.3 is 0 Å². The van der Waals surface area contributed by atoms with Gasteiger partial charge in [0.2, 0.25) is 5.91 Å². The zero-order valence-corrected chi connectivity index (χ0v) is 14.8. The van der Waals surface area contributed by atoms with Crippen molar-refractivity contribution in [2.75, 3.05) is 38.7 Å². The van der Waals surface area contributed by atoms with Gasteiger partial charge in [-0.1, -0.05) is 19.3 Å². The van der Waals surface area contributed by atoms with Gasteiger partial charge in [0.15, 0.2) is 5.96 Å². The Labute approximate surface area is 138 Å². The Hall–Kier alpha value is -0.910. The predicted molar refractivity (Wildman–Crippen MR) is 94.4 cm³/mol. The quantitative estimate of drug-likeness (QED) is 0.459. The number of nitrogens with zero attached hydrogens (tertiary/aromatic N) is 2. The molecular formula is C16H30N4OS. The van der Waals surface area contributed by atoms with E-state index in [9.17, 15) is 4.79 Å². The number of carbonyl (C=O) groups is 1. The lowest BCUT2D eigenvalue weighted by atomic mass is 9.88. The van der Waals surface area contributed by atoms with Gasteiger partial charge in [-0.2, -0.15) is 11.8 Å². The second kappa shape index (κ2) is 9.28. The molecule has 1 saturated carbocycles.